The molecule has 3 rings (SSSR count). The van der Waals surface area contributed by atoms with Crippen molar-refractivity contribution in [2.24, 2.45) is 17.3 Å². The highest BCUT2D eigenvalue weighted by molar-refractivity contribution is 7.15. The van der Waals surface area contributed by atoms with Crippen LogP contribution in [-0.4, -0.2) is 27.2 Å². The van der Waals surface area contributed by atoms with Crippen LogP contribution in [0.5, 0.6) is 5.75 Å². The molecule has 0 saturated heterocycles. The topological polar surface area (TPSA) is 101 Å². The van der Waals surface area contributed by atoms with Crippen molar-refractivity contribution in [1.29, 1.82) is 0 Å². The van der Waals surface area contributed by atoms with E-state index in [1.807, 2.05) is 37.3 Å². The fourth-order valence-corrected chi connectivity index (χ4v) is 4.02. The van der Waals surface area contributed by atoms with Crippen molar-refractivity contribution in [2.45, 2.75) is 33.3 Å². The van der Waals surface area contributed by atoms with Gasteiger partial charge in [0.05, 0.1) is 11.8 Å². The zero-order valence-electron chi connectivity index (χ0n) is 14.8. The van der Waals surface area contributed by atoms with Gasteiger partial charge in [-0.3, -0.25) is 9.59 Å². The van der Waals surface area contributed by atoms with Gasteiger partial charge in [0.1, 0.15) is 5.75 Å². The second kappa shape index (κ2) is 7.03. The summed E-state index contributed by atoms with van der Waals surface area (Å²) >= 11 is 1.24. The average Bonchev–Trinajstić information content (AvgIpc) is 2.94. The van der Waals surface area contributed by atoms with Gasteiger partial charge in [-0.05, 0) is 24.0 Å². The molecule has 8 heteroatoms. The van der Waals surface area contributed by atoms with E-state index in [2.05, 4.69) is 15.5 Å². The number of aromatic nitrogens is 2. The van der Waals surface area contributed by atoms with Crippen LogP contribution in [0.1, 0.15) is 38.3 Å². The number of hydrogen-bond acceptors (Lipinski definition) is 6. The van der Waals surface area contributed by atoms with E-state index < -0.39 is 23.2 Å². The van der Waals surface area contributed by atoms with E-state index in [1.165, 1.54) is 11.3 Å². The maximum atomic E-state index is 12.4. The lowest BCUT2D eigenvalue weighted by Gasteiger charge is -2.14. The highest BCUT2D eigenvalue weighted by atomic mass is 32.1. The molecular weight excluding hydrogens is 354 g/mol. The van der Waals surface area contributed by atoms with Crippen LogP contribution in [0.4, 0.5) is 5.13 Å². The molecule has 2 N–H and O–H groups in total. The third-order valence-electron chi connectivity index (χ3n) is 4.71. The van der Waals surface area contributed by atoms with Crippen LogP contribution in [0.3, 0.4) is 0 Å². The lowest BCUT2D eigenvalue weighted by Crippen LogP contribution is -2.17. The van der Waals surface area contributed by atoms with Crippen LogP contribution >= 0.6 is 11.3 Å². The van der Waals surface area contributed by atoms with Crippen molar-refractivity contribution in [2.75, 3.05) is 5.32 Å². The number of carboxylic acids is 1. The minimum atomic E-state index is -0.949. The van der Waals surface area contributed by atoms with E-state index >= 15 is 0 Å². The molecule has 0 unspecified atom stereocenters. The predicted molar refractivity (Wildman–Crippen MR) is 97.0 cm³/mol. The molecule has 1 fully saturated rings. The molecule has 1 aromatic carbocycles. The first kappa shape index (κ1) is 18.3. The van der Waals surface area contributed by atoms with Gasteiger partial charge in [-0.25, -0.2) is 0 Å². The normalized spacial score (nSPS) is 21.7. The second-order valence-corrected chi connectivity index (χ2v) is 7.89. The van der Waals surface area contributed by atoms with Crippen molar-refractivity contribution in [1.82, 2.24) is 10.2 Å². The molecule has 138 valence electrons. The van der Waals surface area contributed by atoms with Crippen molar-refractivity contribution in [3.8, 4) is 5.75 Å². The summed E-state index contributed by atoms with van der Waals surface area (Å²) in [6.45, 7) is 5.54. The van der Waals surface area contributed by atoms with Crippen LogP contribution < -0.4 is 10.1 Å². The number of benzene rings is 1. The number of hydrogen-bond donors (Lipinski definition) is 2. The molecule has 1 aromatic heterocycles. The van der Waals surface area contributed by atoms with E-state index in [4.69, 9.17) is 4.74 Å². The highest BCUT2D eigenvalue weighted by Gasteiger charge is 2.66. The van der Waals surface area contributed by atoms with Gasteiger partial charge in [-0.15, -0.1) is 10.2 Å². The lowest BCUT2D eigenvalue weighted by molar-refractivity contribution is -0.140. The summed E-state index contributed by atoms with van der Waals surface area (Å²) < 4.78 is 5.93. The molecule has 26 heavy (non-hydrogen) atoms. The molecule has 0 aliphatic heterocycles. The Morgan fingerprint density at radius 3 is 2.54 bits per heavy atom. The molecule has 1 heterocycles. The first-order chi connectivity index (χ1) is 12.3. The molecule has 1 amide bonds. The third kappa shape index (κ3) is 3.55. The quantitative estimate of drug-likeness (QED) is 0.769. The highest BCUT2D eigenvalue weighted by Crippen LogP contribution is 2.58. The SMILES string of the molecule is CC[C@H](Oc1ccccc1)c1nnc(NC(=O)[C@H]2[C@@H](C(=O)O)C2(C)C)s1. The zero-order chi connectivity index (χ0) is 18.9. The number of carbonyl (C=O) groups excluding carboxylic acids is 1. The van der Waals surface area contributed by atoms with E-state index in [-0.39, 0.29) is 12.0 Å². The number of aliphatic carboxylic acids is 1. The number of amides is 1. The fraction of sp³-hybridized carbons (Fsp3) is 0.444. The Bertz CT molecular complexity index is 806. The third-order valence-corrected chi connectivity index (χ3v) is 5.65. The van der Waals surface area contributed by atoms with Crippen molar-refractivity contribution in [3.05, 3.63) is 35.3 Å². The molecule has 1 saturated carbocycles. The summed E-state index contributed by atoms with van der Waals surface area (Å²) in [6, 6.07) is 9.44. The van der Waals surface area contributed by atoms with Gasteiger partial charge in [-0.1, -0.05) is 50.3 Å². The van der Waals surface area contributed by atoms with Crippen LogP contribution in [0.2, 0.25) is 0 Å². The van der Waals surface area contributed by atoms with Gasteiger partial charge in [0.15, 0.2) is 11.1 Å². The van der Waals surface area contributed by atoms with Crippen molar-refractivity contribution < 1.29 is 19.4 Å². The van der Waals surface area contributed by atoms with Crippen LogP contribution in [0.15, 0.2) is 30.3 Å². The molecule has 2 aromatic rings. The smallest absolute Gasteiger partial charge is 0.307 e. The molecule has 1 aliphatic carbocycles. The van der Waals surface area contributed by atoms with Crippen molar-refractivity contribution >= 4 is 28.3 Å². The summed E-state index contributed by atoms with van der Waals surface area (Å²) in [7, 11) is 0. The predicted octanol–water partition coefficient (Wildman–Crippen LogP) is 3.36. The number of carbonyl (C=O) groups is 2. The summed E-state index contributed by atoms with van der Waals surface area (Å²) in [4.78, 5) is 23.6. The number of para-hydroxylation sites is 1. The van der Waals surface area contributed by atoms with Gasteiger partial charge in [0.2, 0.25) is 11.0 Å². The number of nitrogens with one attached hydrogen (secondary N) is 1. The van der Waals surface area contributed by atoms with Gasteiger partial charge in [0, 0.05) is 0 Å². The summed E-state index contributed by atoms with van der Waals surface area (Å²) in [5.41, 5.74) is -0.550. The summed E-state index contributed by atoms with van der Waals surface area (Å²) in [6.07, 6.45) is 0.443. The largest absolute Gasteiger partial charge is 0.483 e. The zero-order valence-corrected chi connectivity index (χ0v) is 15.6. The first-order valence-corrected chi connectivity index (χ1v) is 9.25. The maximum Gasteiger partial charge on any atom is 0.307 e. The molecule has 0 radical (unpaired) electrons. The first-order valence-electron chi connectivity index (χ1n) is 8.43. The lowest BCUT2D eigenvalue weighted by atomic mass is 10.1. The molecule has 7 nitrogen and oxygen atoms in total. The Hall–Kier alpha value is -2.48. The maximum absolute atomic E-state index is 12.4. The Labute approximate surface area is 155 Å². The average molecular weight is 375 g/mol. The molecular formula is C18H21N3O4S. The Balaban J connectivity index is 1.66. The Kier molecular flexibility index (Phi) is 4.95. The van der Waals surface area contributed by atoms with Gasteiger partial charge >= 0.3 is 5.97 Å². The van der Waals surface area contributed by atoms with Gasteiger partial charge in [-0.2, -0.15) is 0 Å². The van der Waals surface area contributed by atoms with E-state index in [1.54, 1.807) is 13.8 Å². The van der Waals surface area contributed by atoms with E-state index in [0.29, 0.717) is 16.6 Å². The second-order valence-electron chi connectivity index (χ2n) is 6.88. The fourth-order valence-electron chi connectivity index (χ4n) is 3.16. The minimum absolute atomic E-state index is 0.260. The molecule has 0 spiro atoms. The Morgan fingerprint density at radius 2 is 1.96 bits per heavy atom. The summed E-state index contributed by atoms with van der Waals surface area (Å²) in [5, 5.41) is 21.0. The van der Waals surface area contributed by atoms with Crippen molar-refractivity contribution in [3.63, 3.8) is 0 Å². The Morgan fingerprint density at radius 1 is 1.27 bits per heavy atom. The van der Waals surface area contributed by atoms with Crippen LogP contribution in [0.25, 0.3) is 0 Å². The molecule has 0 bridgehead atoms. The standard InChI is InChI=1S/C18H21N3O4S/c1-4-11(25-10-8-6-5-7-9-10)15-20-21-17(26-15)19-14(22)12-13(16(23)24)18(12,2)3/h5-9,11-13H,4H2,1-3H3,(H,23,24)(H,19,21,22)/t11-,12+,13-/m0/s1. The summed E-state index contributed by atoms with van der Waals surface area (Å²) in [5.74, 6) is -1.77. The molecule has 1 aliphatic rings. The van der Waals surface area contributed by atoms with Gasteiger partial charge in [0.25, 0.3) is 0 Å². The number of anilines is 1. The van der Waals surface area contributed by atoms with Gasteiger partial charge < -0.3 is 15.2 Å². The number of ether oxygens (including phenoxy) is 1. The monoisotopic (exact) mass is 375 g/mol. The van der Waals surface area contributed by atoms with E-state index in [9.17, 15) is 14.7 Å². The minimum Gasteiger partial charge on any atom is -0.483 e. The van der Waals surface area contributed by atoms with Crippen LogP contribution in [-0.2, 0) is 9.59 Å². The number of carboxylic acid groups (broad SMARTS) is 1. The van der Waals surface area contributed by atoms with Crippen LogP contribution in [0, 0.1) is 17.3 Å². The molecule has 3 atom stereocenters. The number of nitrogens with zero attached hydrogens (tertiary/aromatic N) is 2. The number of rotatable bonds is 7. The van der Waals surface area contributed by atoms with E-state index in [0.717, 1.165) is 5.75 Å².